The monoisotopic (exact) mass is 440 g/mol. The van der Waals surface area contributed by atoms with Crippen molar-refractivity contribution in [1.82, 2.24) is 4.90 Å². The molecule has 1 N–H and O–H groups in total. The van der Waals surface area contributed by atoms with E-state index in [9.17, 15) is 13.2 Å². The minimum atomic E-state index is -3.85. The Hall–Kier alpha value is -1.76. The molecule has 0 heterocycles. The van der Waals surface area contributed by atoms with E-state index in [0.717, 1.165) is 25.8 Å². The summed E-state index contributed by atoms with van der Waals surface area (Å²) in [4.78, 5) is 14.7. The second kappa shape index (κ2) is 8.72. The molecular weight excluding hydrogens is 419 g/mol. The van der Waals surface area contributed by atoms with Crippen LogP contribution in [-0.2, 0) is 10.0 Å². The summed E-state index contributed by atoms with van der Waals surface area (Å²) in [5, 5.41) is 0.434. The molecule has 0 unspecified atom stereocenters. The van der Waals surface area contributed by atoms with Crippen molar-refractivity contribution < 1.29 is 13.2 Å². The van der Waals surface area contributed by atoms with E-state index in [-0.39, 0.29) is 20.8 Å². The summed E-state index contributed by atoms with van der Waals surface area (Å²) >= 11 is 11.8. The molecule has 3 rings (SSSR count). The Morgan fingerprint density at radius 1 is 1.14 bits per heavy atom. The smallest absolute Gasteiger partial charge is 0.261 e. The molecule has 2 aromatic rings. The number of carbonyl (C=O) groups excluding carboxylic acids is 1. The summed E-state index contributed by atoms with van der Waals surface area (Å²) in [7, 11) is -3.85. The lowest BCUT2D eigenvalue weighted by Crippen LogP contribution is -2.33. The van der Waals surface area contributed by atoms with Gasteiger partial charge in [-0.3, -0.25) is 9.52 Å². The van der Waals surface area contributed by atoms with E-state index in [1.165, 1.54) is 18.2 Å². The van der Waals surface area contributed by atoms with Gasteiger partial charge in [0.1, 0.15) is 0 Å². The van der Waals surface area contributed by atoms with Gasteiger partial charge in [-0.1, -0.05) is 36.2 Å². The van der Waals surface area contributed by atoms with E-state index in [1.807, 2.05) is 11.8 Å². The molecule has 28 heavy (non-hydrogen) atoms. The minimum Gasteiger partial charge on any atom is -0.338 e. The van der Waals surface area contributed by atoms with E-state index >= 15 is 0 Å². The highest BCUT2D eigenvalue weighted by molar-refractivity contribution is 7.92. The molecule has 1 aliphatic carbocycles. The zero-order valence-corrected chi connectivity index (χ0v) is 17.8. The normalized spacial score (nSPS) is 14.0. The average Bonchev–Trinajstić information content (AvgIpc) is 3.47. The van der Waals surface area contributed by atoms with Crippen LogP contribution in [0, 0.1) is 5.92 Å². The second-order valence-corrected chi connectivity index (χ2v) is 9.45. The number of amides is 1. The van der Waals surface area contributed by atoms with Crippen molar-refractivity contribution in [2.24, 2.45) is 5.92 Å². The highest BCUT2D eigenvalue weighted by Crippen LogP contribution is 2.30. The van der Waals surface area contributed by atoms with Crippen molar-refractivity contribution in [3.63, 3.8) is 0 Å². The number of anilines is 1. The zero-order valence-electron chi connectivity index (χ0n) is 15.5. The van der Waals surface area contributed by atoms with Crippen molar-refractivity contribution in [2.75, 3.05) is 17.8 Å². The first-order valence-electron chi connectivity index (χ1n) is 9.17. The minimum absolute atomic E-state index is 0.0000255. The van der Waals surface area contributed by atoms with E-state index in [1.54, 1.807) is 24.3 Å². The Morgan fingerprint density at radius 3 is 2.54 bits per heavy atom. The number of sulfonamides is 1. The van der Waals surface area contributed by atoms with E-state index in [0.29, 0.717) is 23.7 Å². The van der Waals surface area contributed by atoms with Crippen molar-refractivity contribution in [3.8, 4) is 0 Å². The van der Waals surface area contributed by atoms with Gasteiger partial charge in [0.25, 0.3) is 15.9 Å². The van der Waals surface area contributed by atoms with Crippen LogP contribution in [0.3, 0.4) is 0 Å². The van der Waals surface area contributed by atoms with E-state index in [4.69, 9.17) is 23.2 Å². The van der Waals surface area contributed by atoms with Crippen LogP contribution >= 0.6 is 23.2 Å². The molecule has 0 atom stereocenters. The van der Waals surface area contributed by atoms with Gasteiger partial charge in [-0.2, -0.15) is 0 Å². The topological polar surface area (TPSA) is 66.5 Å². The third kappa shape index (κ3) is 5.19. The molecule has 8 heteroatoms. The van der Waals surface area contributed by atoms with Crippen molar-refractivity contribution in [1.29, 1.82) is 0 Å². The summed E-state index contributed by atoms with van der Waals surface area (Å²) in [6, 6.07) is 10.6. The Morgan fingerprint density at radius 2 is 1.89 bits per heavy atom. The molecule has 0 bridgehead atoms. The van der Waals surface area contributed by atoms with E-state index < -0.39 is 10.0 Å². The Bertz CT molecular complexity index is 975. The van der Waals surface area contributed by atoms with E-state index in [2.05, 4.69) is 4.72 Å². The van der Waals surface area contributed by atoms with Gasteiger partial charge in [-0.25, -0.2) is 8.42 Å². The number of hydrogen-bond acceptors (Lipinski definition) is 3. The summed E-state index contributed by atoms with van der Waals surface area (Å²) in [5.74, 6) is 0.510. The van der Waals surface area contributed by atoms with Crippen LogP contribution in [0.1, 0.15) is 36.5 Å². The highest BCUT2D eigenvalue weighted by atomic mass is 35.5. The maximum Gasteiger partial charge on any atom is 0.261 e. The summed E-state index contributed by atoms with van der Waals surface area (Å²) < 4.78 is 27.8. The molecule has 0 aliphatic heterocycles. The summed E-state index contributed by atoms with van der Waals surface area (Å²) in [6.07, 6.45) is 3.20. The van der Waals surface area contributed by atoms with Crippen LogP contribution in [0.5, 0.6) is 0 Å². The van der Waals surface area contributed by atoms with Gasteiger partial charge >= 0.3 is 0 Å². The number of nitrogens with zero attached hydrogens (tertiary/aromatic N) is 1. The van der Waals surface area contributed by atoms with Crippen LogP contribution in [0.15, 0.2) is 47.4 Å². The lowest BCUT2D eigenvalue weighted by Gasteiger charge is -2.22. The molecule has 1 fully saturated rings. The van der Waals surface area contributed by atoms with Gasteiger partial charge < -0.3 is 4.90 Å². The average molecular weight is 441 g/mol. The molecule has 1 saturated carbocycles. The SMILES string of the molecule is CCCN(CC1CC1)C(=O)c1cccc(NS(=O)(=O)c2ccc(Cl)c(Cl)c2)c1. The summed E-state index contributed by atoms with van der Waals surface area (Å²) in [5.41, 5.74) is 0.781. The van der Waals surface area contributed by atoms with Crippen molar-refractivity contribution in [2.45, 2.75) is 31.1 Å². The van der Waals surface area contributed by atoms with Crippen LogP contribution < -0.4 is 4.72 Å². The Kier molecular flexibility index (Phi) is 6.53. The third-order valence-corrected chi connectivity index (χ3v) is 6.64. The molecule has 0 saturated heterocycles. The fourth-order valence-electron chi connectivity index (χ4n) is 2.91. The fraction of sp³-hybridized carbons (Fsp3) is 0.350. The molecule has 2 aromatic carbocycles. The number of benzene rings is 2. The van der Waals surface area contributed by atoms with Crippen LogP contribution in [0.2, 0.25) is 10.0 Å². The highest BCUT2D eigenvalue weighted by Gasteiger charge is 2.27. The molecule has 0 radical (unpaired) electrons. The first-order valence-corrected chi connectivity index (χ1v) is 11.4. The number of hydrogen-bond donors (Lipinski definition) is 1. The number of halogens is 2. The van der Waals surface area contributed by atoms with Gasteiger partial charge in [-0.15, -0.1) is 0 Å². The predicted molar refractivity (Wildman–Crippen MR) is 113 cm³/mol. The second-order valence-electron chi connectivity index (χ2n) is 6.96. The maximum absolute atomic E-state index is 12.9. The third-order valence-electron chi connectivity index (χ3n) is 4.52. The zero-order chi connectivity index (χ0) is 20.3. The van der Waals surface area contributed by atoms with Gasteiger partial charge in [-0.05, 0) is 61.6 Å². The number of rotatable bonds is 8. The quantitative estimate of drug-likeness (QED) is 0.623. The van der Waals surface area contributed by atoms with Gasteiger partial charge in [0.05, 0.1) is 14.9 Å². The largest absolute Gasteiger partial charge is 0.338 e. The maximum atomic E-state index is 12.9. The Balaban J connectivity index is 1.80. The first kappa shape index (κ1) is 21.0. The number of nitrogens with one attached hydrogen (secondary N) is 1. The van der Waals surface area contributed by atoms with Gasteiger partial charge in [0.15, 0.2) is 0 Å². The molecule has 150 valence electrons. The lowest BCUT2D eigenvalue weighted by molar-refractivity contribution is 0.0748. The molecule has 0 spiro atoms. The molecule has 1 amide bonds. The molecular formula is C20H22Cl2N2O3S. The van der Waals surface area contributed by atoms with Crippen LogP contribution in [-0.4, -0.2) is 32.3 Å². The lowest BCUT2D eigenvalue weighted by atomic mass is 10.1. The van der Waals surface area contributed by atoms with Crippen molar-refractivity contribution in [3.05, 3.63) is 58.1 Å². The predicted octanol–water partition coefficient (Wildman–Crippen LogP) is 5.06. The van der Waals surface area contributed by atoms with Crippen LogP contribution in [0.25, 0.3) is 0 Å². The fourth-order valence-corrected chi connectivity index (χ4v) is 4.35. The number of carbonyl (C=O) groups is 1. The first-order chi connectivity index (χ1) is 13.3. The van der Waals surface area contributed by atoms with Crippen molar-refractivity contribution >= 4 is 44.8 Å². The van der Waals surface area contributed by atoms with Crippen LogP contribution in [0.4, 0.5) is 5.69 Å². The van der Waals surface area contributed by atoms with Gasteiger partial charge in [0, 0.05) is 24.3 Å². The molecule has 1 aliphatic rings. The standard InChI is InChI=1S/C20H22Cl2N2O3S/c1-2-10-24(13-14-6-7-14)20(25)15-4-3-5-16(11-15)23-28(26,27)17-8-9-18(21)19(22)12-17/h3-5,8-9,11-12,14,23H,2,6-7,10,13H2,1H3. The Labute approximate surface area is 175 Å². The molecule has 5 nitrogen and oxygen atoms in total. The van der Waals surface area contributed by atoms with Gasteiger partial charge in [0.2, 0.25) is 0 Å². The molecule has 0 aromatic heterocycles. The summed E-state index contributed by atoms with van der Waals surface area (Å²) in [6.45, 7) is 3.48.